The number of hydrogen-bond donors (Lipinski definition) is 0. The summed E-state index contributed by atoms with van der Waals surface area (Å²) in [6.45, 7) is 1.52. The van der Waals surface area contributed by atoms with E-state index in [9.17, 15) is 4.79 Å². The number of benzene rings is 1. The van der Waals surface area contributed by atoms with Gasteiger partial charge in [0.05, 0.1) is 12.0 Å². The van der Waals surface area contributed by atoms with Gasteiger partial charge in [-0.1, -0.05) is 28.1 Å². The SMILES string of the molecule is CC(=O)N1N=C(c2ccc(Br)cc2)CC1c1ccco1. The van der Waals surface area contributed by atoms with Crippen LogP contribution in [-0.2, 0) is 4.79 Å². The number of halogens is 1. The molecule has 102 valence electrons. The zero-order chi connectivity index (χ0) is 14.1. The highest BCUT2D eigenvalue weighted by molar-refractivity contribution is 9.10. The molecule has 1 aliphatic rings. The van der Waals surface area contributed by atoms with Crippen molar-refractivity contribution in [3.63, 3.8) is 0 Å². The van der Waals surface area contributed by atoms with Crippen molar-refractivity contribution < 1.29 is 9.21 Å². The van der Waals surface area contributed by atoms with Gasteiger partial charge in [0.15, 0.2) is 0 Å². The molecular formula is C15H13BrN2O2. The van der Waals surface area contributed by atoms with Crippen molar-refractivity contribution >= 4 is 27.5 Å². The number of furan rings is 1. The van der Waals surface area contributed by atoms with E-state index >= 15 is 0 Å². The molecule has 0 aliphatic carbocycles. The van der Waals surface area contributed by atoms with Crippen LogP contribution in [0.3, 0.4) is 0 Å². The van der Waals surface area contributed by atoms with Crippen LogP contribution in [0.4, 0.5) is 0 Å². The van der Waals surface area contributed by atoms with Gasteiger partial charge in [0.2, 0.25) is 5.91 Å². The van der Waals surface area contributed by atoms with Crippen molar-refractivity contribution in [3.05, 3.63) is 58.5 Å². The minimum atomic E-state index is -0.152. The van der Waals surface area contributed by atoms with Crippen molar-refractivity contribution in [2.45, 2.75) is 19.4 Å². The van der Waals surface area contributed by atoms with Crippen molar-refractivity contribution in [3.8, 4) is 0 Å². The predicted molar refractivity (Wildman–Crippen MR) is 79.3 cm³/mol. The third-order valence-electron chi connectivity index (χ3n) is 3.28. The standard InChI is InChI=1S/C15H13BrN2O2/c1-10(19)18-14(15-3-2-8-20-15)9-13(17-18)11-4-6-12(16)7-5-11/h2-8,14H,9H2,1H3. The summed E-state index contributed by atoms with van der Waals surface area (Å²) < 4.78 is 6.45. The van der Waals surface area contributed by atoms with E-state index in [1.54, 1.807) is 6.26 Å². The maximum absolute atomic E-state index is 11.8. The van der Waals surface area contributed by atoms with Crippen molar-refractivity contribution in [2.24, 2.45) is 5.10 Å². The topological polar surface area (TPSA) is 45.8 Å². The third-order valence-corrected chi connectivity index (χ3v) is 3.81. The summed E-state index contributed by atoms with van der Waals surface area (Å²) in [5.74, 6) is 0.676. The molecule has 2 heterocycles. The smallest absolute Gasteiger partial charge is 0.240 e. The van der Waals surface area contributed by atoms with Crippen LogP contribution in [0.25, 0.3) is 0 Å². The molecule has 0 saturated carbocycles. The first-order valence-corrected chi connectivity index (χ1v) is 7.11. The summed E-state index contributed by atoms with van der Waals surface area (Å²) in [4.78, 5) is 11.8. The molecule has 1 aromatic carbocycles. The molecule has 1 amide bonds. The van der Waals surface area contributed by atoms with Gasteiger partial charge in [0.25, 0.3) is 0 Å². The highest BCUT2D eigenvalue weighted by atomic mass is 79.9. The maximum Gasteiger partial charge on any atom is 0.240 e. The Labute approximate surface area is 125 Å². The Kier molecular flexibility index (Phi) is 3.44. The number of hydrazone groups is 1. The van der Waals surface area contributed by atoms with Crippen molar-refractivity contribution in [2.75, 3.05) is 0 Å². The zero-order valence-corrected chi connectivity index (χ0v) is 12.5. The molecule has 1 aromatic heterocycles. The Morgan fingerprint density at radius 1 is 1.35 bits per heavy atom. The third kappa shape index (κ3) is 2.41. The van der Waals surface area contributed by atoms with E-state index in [2.05, 4.69) is 21.0 Å². The normalized spacial score (nSPS) is 18.2. The first kappa shape index (κ1) is 13.1. The summed E-state index contributed by atoms with van der Waals surface area (Å²) in [7, 11) is 0. The predicted octanol–water partition coefficient (Wildman–Crippen LogP) is 3.74. The largest absolute Gasteiger partial charge is 0.467 e. The van der Waals surface area contributed by atoms with Gasteiger partial charge < -0.3 is 4.42 Å². The lowest BCUT2D eigenvalue weighted by atomic mass is 10.0. The van der Waals surface area contributed by atoms with Gasteiger partial charge in [0.1, 0.15) is 11.8 Å². The molecule has 1 aliphatic heterocycles. The van der Waals surface area contributed by atoms with Gasteiger partial charge in [-0.25, -0.2) is 5.01 Å². The molecule has 0 radical (unpaired) electrons. The molecule has 0 spiro atoms. The average molecular weight is 333 g/mol. The minimum Gasteiger partial charge on any atom is -0.467 e. The van der Waals surface area contributed by atoms with Gasteiger partial charge in [-0.3, -0.25) is 4.79 Å². The maximum atomic E-state index is 11.8. The monoisotopic (exact) mass is 332 g/mol. The molecule has 0 saturated heterocycles. The first-order chi connectivity index (χ1) is 9.65. The second-order valence-electron chi connectivity index (χ2n) is 4.65. The van der Waals surface area contributed by atoms with E-state index in [-0.39, 0.29) is 11.9 Å². The van der Waals surface area contributed by atoms with E-state index in [0.29, 0.717) is 6.42 Å². The summed E-state index contributed by atoms with van der Waals surface area (Å²) in [6.07, 6.45) is 2.28. The number of carbonyl (C=O) groups is 1. The van der Waals surface area contributed by atoms with Crippen LogP contribution in [0.2, 0.25) is 0 Å². The van der Waals surface area contributed by atoms with E-state index in [1.165, 1.54) is 11.9 Å². The number of nitrogens with zero attached hydrogens (tertiary/aromatic N) is 2. The molecule has 0 fully saturated rings. The lowest BCUT2D eigenvalue weighted by Crippen LogP contribution is -2.23. The number of hydrogen-bond acceptors (Lipinski definition) is 3. The lowest BCUT2D eigenvalue weighted by Gasteiger charge is -2.17. The molecular weight excluding hydrogens is 320 g/mol. The van der Waals surface area contributed by atoms with Crippen LogP contribution in [0.1, 0.15) is 30.7 Å². The Bertz CT molecular complexity index is 647. The van der Waals surface area contributed by atoms with Gasteiger partial charge in [0, 0.05) is 17.8 Å². The summed E-state index contributed by atoms with van der Waals surface area (Å²) in [5, 5.41) is 5.95. The van der Waals surface area contributed by atoms with E-state index < -0.39 is 0 Å². The van der Waals surface area contributed by atoms with Crippen LogP contribution >= 0.6 is 15.9 Å². The Balaban J connectivity index is 1.92. The quantitative estimate of drug-likeness (QED) is 0.840. The second-order valence-corrected chi connectivity index (χ2v) is 5.57. The molecule has 0 N–H and O–H groups in total. The molecule has 1 atom stereocenters. The Morgan fingerprint density at radius 2 is 2.10 bits per heavy atom. The molecule has 4 nitrogen and oxygen atoms in total. The fraction of sp³-hybridized carbons (Fsp3) is 0.200. The van der Waals surface area contributed by atoms with Crippen molar-refractivity contribution in [1.82, 2.24) is 5.01 Å². The van der Waals surface area contributed by atoms with Crippen LogP contribution < -0.4 is 0 Å². The first-order valence-electron chi connectivity index (χ1n) is 6.32. The Morgan fingerprint density at radius 3 is 2.70 bits per heavy atom. The van der Waals surface area contributed by atoms with Gasteiger partial charge in [-0.2, -0.15) is 5.10 Å². The lowest BCUT2D eigenvalue weighted by molar-refractivity contribution is -0.130. The van der Waals surface area contributed by atoms with Crippen molar-refractivity contribution in [1.29, 1.82) is 0 Å². The number of rotatable bonds is 2. The van der Waals surface area contributed by atoms with Gasteiger partial charge >= 0.3 is 0 Å². The highest BCUT2D eigenvalue weighted by Gasteiger charge is 2.33. The molecule has 5 heteroatoms. The molecule has 1 unspecified atom stereocenters. The molecule has 20 heavy (non-hydrogen) atoms. The summed E-state index contributed by atoms with van der Waals surface area (Å²) in [5.41, 5.74) is 1.92. The highest BCUT2D eigenvalue weighted by Crippen LogP contribution is 2.33. The van der Waals surface area contributed by atoms with Crippen LogP contribution in [0.5, 0.6) is 0 Å². The average Bonchev–Trinajstić information content (AvgIpc) is 3.08. The van der Waals surface area contributed by atoms with E-state index in [0.717, 1.165) is 21.5 Å². The summed E-state index contributed by atoms with van der Waals surface area (Å²) in [6, 6.07) is 11.5. The summed E-state index contributed by atoms with van der Waals surface area (Å²) >= 11 is 3.41. The van der Waals surface area contributed by atoms with Gasteiger partial charge in [-0.05, 0) is 29.8 Å². The van der Waals surface area contributed by atoms with E-state index in [4.69, 9.17) is 4.42 Å². The molecule has 3 rings (SSSR count). The molecule has 2 aromatic rings. The van der Waals surface area contributed by atoms with Crippen LogP contribution in [0, 0.1) is 0 Å². The van der Waals surface area contributed by atoms with Crippen LogP contribution in [-0.4, -0.2) is 16.6 Å². The second kappa shape index (κ2) is 5.25. The molecule has 0 bridgehead atoms. The van der Waals surface area contributed by atoms with Gasteiger partial charge in [-0.15, -0.1) is 0 Å². The fourth-order valence-electron chi connectivity index (χ4n) is 2.32. The number of carbonyl (C=O) groups excluding carboxylic acids is 1. The van der Waals surface area contributed by atoms with E-state index in [1.807, 2.05) is 36.4 Å². The fourth-order valence-corrected chi connectivity index (χ4v) is 2.58. The minimum absolute atomic E-state index is 0.0847. The number of amides is 1. The van der Waals surface area contributed by atoms with Crippen LogP contribution in [0.15, 0.2) is 56.7 Å². The zero-order valence-electron chi connectivity index (χ0n) is 10.9. The Hall–Kier alpha value is -1.88.